The fourth-order valence-electron chi connectivity index (χ4n) is 2.94. The van der Waals surface area contributed by atoms with E-state index in [-0.39, 0.29) is 30.8 Å². The molecular weight excluding hydrogens is 382 g/mol. The maximum Gasteiger partial charge on any atom is 0.306 e. The molecule has 1 N–H and O–H groups in total. The summed E-state index contributed by atoms with van der Waals surface area (Å²) in [6.07, 6.45) is 2.37. The van der Waals surface area contributed by atoms with E-state index < -0.39 is 5.97 Å². The Kier molecular flexibility index (Phi) is 9.58. The second kappa shape index (κ2) is 12.4. The first-order valence-electron chi connectivity index (χ1n) is 10.2. The number of Topliss-reactive ketones (excluding diaryl/α,β-unsaturated/α-hetero) is 1. The average Bonchev–Trinajstić information content (AvgIpc) is 2.76. The van der Waals surface area contributed by atoms with Gasteiger partial charge >= 0.3 is 5.97 Å². The van der Waals surface area contributed by atoms with Crippen molar-refractivity contribution < 1.29 is 23.9 Å². The third kappa shape index (κ3) is 8.07. The number of nitrogens with one attached hydrogen (secondary N) is 1. The summed E-state index contributed by atoms with van der Waals surface area (Å²) < 4.78 is 10.6. The molecule has 0 fully saturated rings. The molecule has 0 unspecified atom stereocenters. The zero-order valence-corrected chi connectivity index (χ0v) is 17.6. The molecule has 160 valence electrons. The molecule has 2 aromatic rings. The van der Waals surface area contributed by atoms with Gasteiger partial charge in [-0.25, -0.2) is 0 Å². The van der Waals surface area contributed by atoms with Crippen molar-refractivity contribution in [2.75, 3.05) is 13.2 Å². The summed E-state index contributed by atoms with van der Waals surface area (Å²) in [7, 11) is 0. The number of carbonyl (C=O) groups excluding carboxylic acids is 3. The van der Waals surface area contributed by atoms with Gasteiger partial charge in [-0.1, -0.05) is 43.7 Å². The van der Waals surface area contributed by atoms with E-state index in [1.54, 1.807) is 24.3 Å². The number of ketones is 1. The van der Waals surface area contributed by atoms with E-state index in [0.717, 1.165) is 18.4 Å². The Labute approximate surface area is 177 Å². The fraction of sp³-hybridized carbons (Fsp3) is 0.375. The van der Waals surface area contributed by atoms with Gasteiger partial charge in [0.2, 0.25) is 0 Å². The summed E-state index contributed by atoms with van der Waals surface area (Å²) in [5.41, 5.74) is 1.66. The van der Waals surface area contributed by atoms with Crippen LogP contribution in [0.3, 0.4) is 0 Å². The molecule has 0 heterocycles. The molecular formula is C24H29NO5. The lowest BCUT2D eigenvalue weighted by molar-refractivity contribution is -0.149. The lowest BCUT2D eigenvalue weighted by Gasteiger charge is -2.18. The van der Waals surface area contributed by atoms with Crippen molar-refractivity contribution >= 4 is 17.7 Å². The Morgan fingerprint density at radius 3 is 2.33 bits per heavy atom. The summed E-state index contributed by atoms with van der Waals surface area (Å²) >= 11 is 0. The Bertz CT molecular complexity index is 817. The highest BCUT2D eigenvalue weighted by atomic mass is 16.5. The maximum atomic E-state index is 12.2. The molecule has 0 spiro atoms. The topological polar surface area (TPSA) is 81.7 Å². The second-order valence-electron chi connectivity index (χ2n) is 7.01. The van der Waals surface area contributed by atoms with Gasteiger partial charge in [-0.3, -0.25) is 14.4 Å². The standard InChI is InChI=1S/C24H29NO5/c1-3-8-22(20-9-5-4-6-10-20)25-23(27)17-30-24(28)11-7-16-29-21-14-12-19(13-15-21)18(2)26/h4-6,9-10,12-15,22H,3,7-8,11,16-17H2,1-2H3,(H,25,27)/t22-/m1/s1. The predicted molar refractivity (Wildman–Crippen MR) is 114 cm³/mol. The molecule has 0 aliphatic rings. The maximum absolute atomic E-state index is 12.2. The third-order valence-corrected chi connectivity index (χ3v) is 4.53. The minimum Gasteiger partial charge on any atom is -0.494 e. The van der Waals surface area contributed by atoms with Crippen LogP contribution in [-0.2, 0) is 14.3 Å². The third-order valence-electron chi connectivity index (χ3n) is 4.53. The van der Waals surface area contributed by atoms with Crippen LogP contribution in [0, 0.1) is 0 Å². The van der Waals surface area contributed by atoms with Crippen molar-refractivity contribution in [3.63, 3.8) is 0 Å². The Balaban J connectivity index is 1.66. The smallest absolute Gasteiger partial charge is 0.306 e. The number of carbonyl (C=O) groups is 3. The van der Waals surface area contributed by atoms with Crippen LogP contribution in [0.5, 0.6) is 5.75 Å². The molecule has 0 bridgehead atoms. The van der Waals surface area contributed by atoms with Gasteiger partial charge in [-0.2, -0.15) is 0 Å². The van der Waals surface area contributed by atoms with Crippen molar-refractivity contribution in [3.05, 3.63) is 65.7 Å². The van der Waals surface area contributed by atoms with Gasteiger partial charge in [0.1, 0.15) is 5.75 Å². The number of amides is 1. The number of benzene rings is 2. The van der Waals surface area contributed by atoms with Gasteiger partial charge in [0.15, 0.2) is 12.4 Å². The number of rotatable bonds is 12. The van der Waals surface area contributed by atoms with Crippen molar-refractivity contribution in [1.29, 1.82) is 0 Å². The minimum atomic E-state index is -0.438. The Morgan fingerprint density at radius 1 is 1.00 bits per heavy atom. The van der Waals surface area contributed by atoms with Crippen LogP contribution >= 0.6 is 0 Å². The zero-order chi connectivity index (χ0) is 21.8. The second-order valence-corrected chi connectivity index (χ2v) is 7.01. The van der Waals surface area contributed by atoms with E-state index in [1.165, 1.54) is 6.92 Å². The lowest BCUT2D eigenvalue weighted by Crippen LogP contribution is -2.32. The molecule has 0 radical (unpaired) electrons. The molecule has 6 heteroatoms. The van der Waals surface area contributed by atoms with Gasteiger partial charge in [-0.15, -0.1) is 0 Å². The summed E-state index contributed by atoms with van der Waals surface area (Å²) in [6.45, 7) is 3.61. The Morgan fingerprint density at radius 2 is 1.70 bits per heavy atom. The first-order chi connectivity index (χ1) is 14.5. The van der Waals surface area contributed by atoms with E-state index in [4.69, 9.17) is 9.47 Å². The highest BCUT2D eigenvalue weighted by Gasteiger charge is 2.15. The van der Waals surface area contributed by atoms with Crippen LogP contribution < -0.4 is 10.1 Å². The molecule has 2 aromatic carbocycles. The molecule has 0 aliphatic heterocycles. The van der Waals surface area contributed by atoms with Crippen LogP contribution in [0.4, 0.5) is 0 Å². The SMILES string of the molecule is CCC[C@@H](NC(=O)COC(=O)CCCOc1ccc(C(C)=O)cc1)c1ccccc1. The molecule has 0 saturated heterocycles. The average molecular weight is 411 g/mol. The van der Waals surface area contributed by atoms with Crippen molar-refractivity contribution in [3.8, 4) is 5.75 Å². The van der Waals surface area contributed by atoms with E-state index >= 15 is 0 Å². The van der Waals surface area contributed by atoms with Crippen LogP contribution in [0.2, 0.25) is 0 Å². The van der Waals surface area contributed by atoms with E-state index in [0.29, 0.717) is 24.3 Å². The van der Waals surface area contributed by atoms with Crippen molar-refractivity contribution in [2.45, 2.75) is 45.6 Å². The molecule has 30 heavy (non-hydrogen) atoms. The van der Waals surface area contributed by atoms with Gasteiger partial charge in [-0.05, 0) is 49.6 Å². The highest BCUT2D eigenvalue weighted by Crippen LogP contribution is 2.18. The minimum absolute atomic E-state index is 0.00174. The molecule has 1 atom stereocenters. The molecule has 0 saturated carbocycles. The quantitative estimate of drug-likeness (QED) is 0.321. The number of ether oxygens (including phenoxy) is 2. The van der Waals surface area contributed by atoms with Crippen molar-refractivity contribution in [2.24, 2.45) is 0 Å². The monoisotopic (exact) mass is 411 g/mol. The highest BCUT2D eigenvalue weighted by molar-refractivity contribution is 5.94. The molecule has 1 amide bonds. The van der Waals surface area contributed by atoms with Crippen LogP contribution in [0.15, 0.2) is 54.6 Å². The summed E-state index contributed by atoms with van der Waals surface area (Å²) in [5.74, 6) is -0.117. The van der Waals surface area contributed by atoms with Gasteiger partial charge in [0.25, 0.3) is 5.91 Å². The summed E-state index contributed by atoms with van der Waals surface area (Å²) in [4.78, 5) is 35.3. The number of esters is 1. The molecule has 0 aliphatic carbocycles. The van der Waals surface area contributed by atoms with Crippen LogP contribution in [0.1, 0.15) is 61.5 Å². The van der Waals surface area contributed by atoms with Crippen LogP contribution in [-0.4, -0.2) is 30.9 Å². The van der Waals surface area contributed by atoms with Gasteiger partial charge in [0, 0.05) is 12.0 Å². The van der Waals surface area contributed by atoms with Gasteiger partial charge < -0.3 is 14.8 Å². The number of hydrogen-bond acceptors (Lipinski definition) is 5. The largest absolute Gasteiger partial charge is 0.494 e. The van der Waals surface area contributed by atoms with E-state index in [9.17, 15) is 14.4 Å². The van der Waals surface area contributed by atoms with E-state index in [1.807, 2.05) is 30.3 Å². The first-order valence-corrected chi connectivity index (χ1v) is 10.2. The van der Waals surface area contributed by atoms with Crippen LogP contribution in [0.25, 0.3) is 0 Å². The first kappa shape index (κ1) is 23.1. The summed E-state index contributed by atoms with van der Waals surface area (Å²) in [6, 6.07) is 16.5. The lowest BCUT2D eigenvalue weighted by atomic mass is 10.0. The molecule has 2 rings (SSSR count). The molecule has 0 aromatic heterocycles. The predicted octanol–water partition coefficient (Wildman–Crippen LogP) is 4.25. The fourth-order valence-corrected chi connectivity index (χ4v) is 2.94. The van der Waals surface area contributed by atoms with E-state index in [2.05, 4.69) is 12.2 Å². The molecule has 6 nitrogen and oxygen atoms in total. The van der Waals surface area contributed by atoms with Gasteiger partial charge in [0.05, 0.1) is 12.6 Å². The number of hydrogen-bond donors (Lipinski definition) is 1. The van der Waals surface area contributed by atoms with Crippen molar-refractivity contribution in [1.82, 2.24) is 5.32 Å². The Hall–Kier alpha value is -3.15. The zero-order valence-electron chi connectivity index (χ0n) is 17.6. The normalized spacial score (nSPS) is 11.4. The summed E-state index contributed by atoms with van der Waals surface area (Å²) in [5, 5.41) is 2.93.